The van der Waals surface area contributed by atoms with Crippen LogP contribution >= 0.6 is 0 Å². The molecule has 2 aromatic heterocycles. The maximum atomic E-state index is 12.7. The van der Waals surface area contributed by atoms with E-state index >= 15 is 0 Å². The minimum atomic E-state index is -0.0460. The smallest absolute Gasteiger partial charge is 0.220 e. The summed E-state index contributed by atoms with van der Waals surface area (Å²) in [6.45, 7) is 0.872. The summed E-state index contributed by atoms with van der Waals surface area (Å²) in [4.78, 5) is 20.6. The van der Waals surface area contributed by atoms with Crippen molar-refractivity contribution in [2.75, 3.05) is 0 Å². The van der Waals surface area contributed by atoms with E-state index in [1.165, 1.54) is 10.9 Å². The normalized spacial score (nSPS) is 15.9. The number of nitrogens with zero attached hydrogens (tertiary/aromatic N) is 3. The molecule has 1 aliphatic rings. The van der Waals surface area contributed by atoms with Crippen molar-refractivity contribution in [2.24, 2.45) is 0 Å². The van der Waals surface area contributed by atoms with Crippen molar-refractivity contribution in [3.8, 4) is 11.3 Å². The largest absolute Gasteiger partial charge is 0.354 e. The van der Waals surface area contributed by atoms with Crippen molar-refractivity contribution in [1.29, 1.82) is 0 Å². The van der Waals surface area contributed by atoms with Gasteiger partial charge in [0.15, 0.2) is 0 Å². The van der Waals surface area contributed by atoms with Crippen LogP contribution < -0.4 is 5.32 Å². The zero-order valence-electron chi connectivity index (χ0n) is 16.1. The molecule has 0 saturated carbocycles. The van der Waals surface area contributed by atoms with E-state index in [-0.39, 0.29) is 11.9 Å². The summed E-state index contributed by atoms with van der Waals surface area (Å²) in [6.07, 6.45) is 4.60. The first-order chi connectivity index (χ1) is 14.3. The number of aromatic amines is 1. The summed E-state index contributed by atoms with van der Waals surface area (Å²) in [5.74, 6) is 0.914. The molecule has 6 nitrogen and oxygen atoms in total. The number of para-hydroxylation sites is 1. The lowest BCUT2D eigenvalue weighted by atomic mass is 10.0. The summed E-state index contributed by atoms with van der Waals surface area (Å²) >= 11 is 0. The van der Waals surface area contributed by atoms with E-state index in [4.69, 9.17) is 0 Å². The fourth-order valence-corrected chi connectivity index (χ4v) is 4.24. The number of amides is 1. The van der Waals surface area contributed by atoms with Crippen molar-refractivity contribution < 1.29 is 4.79 Å². The van der Waals surface area contributed by atoms with Crippen LogP contribution in [0.3, 0.4) is 0 Å². The van der Waals surface area contributed by atoms with Crippen molar-refractivity contribution in [2.45, 2.75) is 38.3 Å². The van der Waals surface area contributed by atoms with Crippen LogP contribution in [0.2, 0.25) is 0 Å². The number of hydrogen-bond donors (Lipinski definition) is 2. The fourth-order valence-electron chi connectivity index (χ4n) is 4.24. The van der Waals surface area contributed by atoms with Gasteiger partial charge in [0.2, 0.25) is 5.91 Å². The molecule has 1 atom stereocenters. The van der Waals surface area contributed by atoms with Gasteiger partial charge in [0.05, 0.1) is 6.04 Å². The van der Waals surface area contributed by atoms with E-state index in [2.05, 4.69) is 44.6 Å². The monoisotopic (exact) mass is 385 g/mol. The van der Waals surface area contributed by atoms with Crippen LogP contribution in [0.1, 0.15) is 36.7 Å². The SMILES string of the molecule is O=C(CCc1c(-c2ccccc2)[nH]c2ccccc12)NC1CCCn2ncnc21. The molecule has 0 radical (unpaired) electrons. The molecule has 1 amide bonds. The lowest BCUT2D eigenvalue weighted by Crippen LogP contribution is -2.33. The molecule has 1 aliphatic heterocycles. The molecule has 0 fully saturated rings. The van der Waals surface area contributed by atoms with Crippen molar-refractivity contribution in [3.05, 3.63) is 72.3 Å². The Morgan fingerprint density at radius 2 is 1.97 bits per heavy atom. The van der Waals surface area contributed by atoms with Crippen LogP contribution in [0.15, 0.2) is 60.9 Å². The topological polar surface area (TPSA) is 75.6 Å². The number of hydrogen-bond acceptors (Lipinski definition) is 3. The van der Waals surface area contributed by atoms with E-state index in [0.717, 1.165) is 42.0 Å². The van der Waals surface area contributed by atoms with Gasteiger partial charge in [0.25, 0.3) is 0 Å². The summed E-state index contributed by atoms with van der Waals surface area (Å²) in [6, 6.07) is 18.5. The number of aromatic nitrogens is 4. The molecule has 2 N–H and O–H groups in total. The van der Waals surface area contributed by atoms with Gasteiger partial charge in [-0.05, 0) is 36.5 Å². The molecule has 0 bridgehead atoms. The molecule has 0 spiro atoms. The lowest BCUT2D eigenvalue weighted by Gasteiger charge is -2.23. The average Bonchev–Trinajstić information content (AvgIpc) is 3.38. The number of H-pyrrole nitrogens is 1. The van der Waals surface area contributed by atoms with Gasteiger partial charge in [-0.15, -0.1) is 0 Å². The second-order valence-corrected chi connectivity index (χ2v) is 7.49. The summed E-state index contributed by atoms with van der Waals surface area (Å²) < 4.78 is 1.89. The Morgan fingerprint density at radius 1 is 1.14 bits per heavy atom. The van der Waals surface area contributed by atoms with Crippen LogP contribution in [0.5, 0.6) is 0 Å². The van der Waals surface area contributed by atoms with Gasteiger partial charge in [0, 0.05) is 29.6 Å². The third-order valence-corrected chi connectivity index (χ3v) is 5.63. The third-order valence-electron chi connectivity index (χ3n) is 5.63. The maximum Gasteiger partial charge on any atom is 0.220 e. The molecular weight excluding hydrogens is 362 g/mol. The molecule has 5 rings (SSSR count). The maximum absolute atomic E-state index is 12.7. The summed E-state index contributed by atoms with van der Waals surface area (Å²) in [7, 11) is 0. The first-order valence-corrected chi connectivity index (χ1v) is 10.1. The third kappa shape index (κ3) is 3.42. The highest BCUT2D eigenvalue weighted by molar-refractivity contribution is 5.91. The Morgan fingerprint density at radius 3 is 2.86 bits per heavy atom. The highest BCUT2D eigenvalue weighted by atomic mass is 16.1. The standard InChI is InChI=1S/C23H23N5O/c29-21(26-20-11-6-14-28-23(20)24-15-25-28)13-12-18-17-9-4-5-10-19(17)27-22(18)16-7-2-1-3-8-16/h1-5,7-10,15,20,27H,6,11-14H2,(H,26,29). The highest BCUT2D eigenvalue weighted by Gasteiger charge is 2.24. The fraction of sp³-hybridized carbons (Fsp3) is 0.261. The number of benzene rings is 2. The number of fused-ring (bicyclic) bond motifs is 2. The quantitative estimate of drug-likeness (QED) is 0.545. The summed E-state index contributed by atoms with van der Waals surface area (Å²) in [5, 5.41) is 8.57. The van der Waals surface area contributed by atoms with Crippen LogP contribution in [0.4, 0.5) is 0 Å². The van der Waals surface area contributed by atoms with E-state index < -0.39 is 0 Å². The van der Waals surface area contributed by atoms with Crippen LogP contribution in [-0.2, 0) is 17.8 Å². The molecule has 0 saturated heterocycles. The predicted molar refractivity (Wildman–Crippen MR) is 112 cm³/mol. The molecule has 29 heavy (non-hydrogen) atoms. The lowest BCUT2D eigenvalue weighted by molar-refractivity contribution is -0.122. The van der Waals surface area contributed by atoms with E-state index in [1.54, 1.807) is 6.33 Å². The number of rotatable bonds is 5. The molecule has 2 aromatic carbocycles. The van der Waals surface area contributed by atoms with E-state index in [9.17, 15) is 4.79 Å². The Kier molecular flexibility index (Phi) is 4.60. The minimum Gasteiger partial charge on any atom is -0.354 e. The Labute approximate surface area is 169 Å². The van der Waals surface area contributed by atoms with E-state index in [1.807, 2.05) is 35.0 Å². The summed E-state index contributed by atoms with van der Waals surface area (Å²) in [5.41, 5.74) is 4.52. The highest BCUT2D eigenvalue weighted by Crippen LogP contribution is 2.31. The van der Waals surface area contributed by atoms with Gasteiger partial charge in [-0.1, -0.05) is 48.5 Å². The van der Waals surface area contributed by atoms with Gasteiger partial charge in [-0.3, -0.25) is 4.79 Å². The molecule has 4 aromatic rings. The Bertz CT molecular complexity index is 1140. The van der Waals surface area contributed by atoms with Gasteiger partial charge in [-0.2, -0.15) is 5.10 Å². The Hall–Kier alpha value is -3.41. The number of aryl methyl sites for hydroxylation is 2. The second-order valence-electron chi connectivity index (χ2n) is 7.49. The van der Waals surface area contributed by atoms with Crippen molar-refractivity contribution in [1.82, 2.24) is 25.1 Å². The van der Waals surface area contributed by atoms with Crippen molar-refractivity contribution >= 4 is 16.8 Å². The number of carbonyl (C=O) groups excluding carboxylic acids is 1. The number of carbonyl (C=O) groups is 1. The van der Waals surface area contributed by atoms with Gasteiger partial charge < -0.3 is 10.3 Å². The second kappa shape index (κ2) is 7.54. The zero-order valence-corrected chi connectivity index (χ0v) is 16.1. The molecule has 0 aliphatic carbocycles. The molecule has 146 valence electrons. The molecule has 1 unspecified atom stereocenters. The van der Waals surface area contributed by atoms with Crippen LogP contribution in [0.25, 0.3) is 22.2 Å². The van der Waals surface area contributed by atoms with Crippen molar-refractivity contribution in [3.63, 3.8) is 0 Å². The van der Waals surface area contributed by atoms with Crippen LogP contribution in [0, 0.1) is 0 Å². The minimum absolute atomic E-state index is 0.0460. The number of nitrogens with one attached hydrogen (secondary N) is 2. The van der Waals surface area contributed by atoms with Gasteiger partial charge in [-0.25, -0.2) is 9.67 Å². The molecular formula is C23H23N5O. The Balaban J connectivity index is 1.36. The first-order valence-electron chi connectivity index (χ1n) is 10.1. The predicted octanol–water partition coefficient (Wildman–Crippen LogP) is 4.01. The molecule has 6 heteroatoms. The first kappa shape index (κ1) is 17.7. The van der Waals surface area contributed by atoms with E-state index in [0.29, 0.717) is 12.8 Å². The average molecular weight is 385 g/mol. The van der Waals surface area contributed by atoms with Gasteiger partial charge in [0.1, 0.15) is 12.2 Å². The zero-order chi connectivity index (χ0) is 19.6. The van der Waals surface area contributed by atoms with Crippen LogP contribution in [-0.4, -0.2) is 25.7 Å². The molecule has 3 heterocycles. The van der Waals surface area contributed by atoms with Gasteiger partial charge >= 0.3 is 0 Å².